The van der Waals surface area contributed by atoms with Crippen LogP contribution in [0.3, 0.4) is 0 Å². The molecular formula is C13H16N6O4S. The number of hydrogen-bond acceptors (Lipinski definition) is 8. The number of nitrogens with one attached hydrogen (secondary N) is 3. The van der Waals surface area contributed by atoms with Gasteiger partial charge in [0.2, 0.25) is 16.0 Å². The molecule has 0 spiro atoms. The van der Waals surface area contributed by atoms with Gasteiger partial charge in [0.15, 0.2) is 0 Å². The van der Waals surface area contributed by atoms with Crippen molar-refractivity contribution in [2.45, 2.75) is 4.90 Å². The minimum atomic E-state index is -3.74. The average Bonchev–Trinajstić information content (AvgIpc) is 2.59. The Morgan fingerprint density at radius 3 is 2.46 bits per heavy atom. The normalized spacial score (nSPS) is 11.0. The van der Waals surface area contributed by atoms with Crippen LogP contribution < -0.4 is 15.4 Å². The van der Waals surface area contributed by atoms with E-state index >= 15 is 0 Å². The molecule has 0 amide bonds. The largest absolute Gasteiger partial charge is 0.378 e. The molecule has 128 valence electrons. The van der Waals surface area contributed by atoms with Crippen molar-refractivity contribution in [3.63, 3.8) is 0 Å². The number of nitrogens with zero attached hydrogens (tertiary/aromatic N) is 3. The van der Waals surface area contributed by atoms with Crippen molar-refractivity contribution in [2.75, 3.05) is 30.8 Å². The Kier molecular flexibility index (Phi) is 5.60. The van der Waals surface area contributed by atoms with Gasteiger partial charge in [-0.2, -0.15) is 0 Å². The van der Waals surface area contributed by atoms with Crippen molar-refractivity contribution < 1.29 is 13.3 Å². The predicted molar refractivity (Wildman–Crippen MR) is 88.4 cm³/mol. The van der Waals surface area contributed by atoms with E-state index in [0.29, 0.717) is 19.0 Å². The second-order valence-corrected chi connectivity index (χ2v) is 6.46. The second-order valence-electron chi connectivity index (χ2n) is 4.57. The highest BCUT2D eigenvalue weighted by molar-refractivity contribution is 7.89. The van der Waals surface area contributed by atoms with Crippen molar-refractivity contribution in [1.29, 1.82) is 0 Å². The Labute approximate surface area is 138 Å². The lowest BCUT2D eigenvalue weighted by atomic mass is 10.2. The van der Waals surface area contributed by atoms with E-state index < -0.39 is 14.9 Å². The van der Waals surface area contributed by atoms with Crippen LogP contribution in [-0.4, -0.2) is 43.4 Å². The van der Waals surface area contributed by atoms with Crippen LogP contribution in [0.1, 0.15) is 0 Å². The molecule has 3 N–H and O–H groups in total. The molecule has 2 rings (SSSR count). The number of hydrogen-bond donors (Lipinski definition) is 3. The predicted octanol–water partition coefficient (Wildman–Crippen LogP) is 0.817. The highest BCUT2D eigenvalue weighted by Gasteiger charge is 2.20. The number of nitro benzene ring substituents is 1. The van der Waals surface area contributed by atoms with Crippen LogP contribution in [0.5, 0.6) is 0 Å². The van der Waals surface area contributed by atoms with Gasteiger partial charge in [-0.3, -0.25) is 10.1 Å². The first kappa shape index (κ1) is 17.6. The molecule has 24 heavy (non-hydrogen) atoms. The Balaban J connectivity index is 2.05. The molecule has 0 aliphatic carbocycles. The van der Waals surface area contributed by atoms with Gasteiger partial charge in [-0.1, -0.05) is 0 Å². The molecule has 1 aromatic carbocycles. The van der Waals surface area contributed by atoms with E-state index in [1.807, 2.05) is 0 Å². The molecule has 0 saturated carbocycles. The summed E-state index contributed by atoms with van der Waals surface area (Å²) in [5, 5.41) is 17.0. The van der Waals surface area contributed by atoms with E-state index in [0.717, 1.165) is 6.07 Å². The van der Waals surface area contributed by atoms with Gasteiger partial charge in [0.05, 0.1) is 9.82 Å². The molecule has 1 heterocycles. The van der Waals surface area contributed by atoms with Crippen LogP contribution in [0.4, 0.5) is 17.3 Å². The Hall–Kier alpha value is -2.79. The molecule has 2 aromatic rings. The van der Waals surface area contributed by atoms with Gasteiger partial charge in [-0.25, -0.2) is 23.1 Å². The van der Waals surface area contributed by atoms with Gasteiger partial charge in [0, 0.05) is 31.5 Å². The summed E-state index contributed by atoms with van der Waals surface area (Å²) in [5.41, 5.74) is -0.0897. The zero-order valence-corrected chi connectivity index (χ0v) is 13.6. The number of anilines is 2. The van der Waals surface area contributed by atoms with Gasteiger partial charge < -0.3 is 10.6 Å². The summed E-state index contributed by atoms with van der Waals surface area (Å²) in [7, 11) is -2.50. The molecule has 0 saturated heterocycles. The number of aromatic nitrogens is 2. The summed E-state index contributed by atoms with van der Waals surface area (Å²) >= 11 is 0. The van der Waals surface area contributed by atoms with Crippen LogP contribution in [-0.2, 0) is 10.0 Å². The van der Waals surface area contributed by atoms with E-state index in [1.54, 1.807) is 18.5 Å². The van der Waals surface area contributed by atoms with Crippen LogP contribution in [0.25, 0.3) is 0 Å². The molecule has 1 aromatic heterocycles. The van der Waals surface area contributed by atoms with E-state index in [9.17, 15) is 18.5 Å². The molecule has 0 unspecified atom stereocenters. The van der Waals surface area contributed by atoms with Crippen molar-refractivity contribution in [3.05, 3.63) is 46.8 Å². The third-order valence-corrected chi connectivity index (χ3v) is 4.45. The standard InChI is InChI=1S/C13H16N6O4S/c1-14-24(22,23)10-3-4-11(12(9-10)19(20)21)15-7-8-18-13-16-5-2-6-17-13/h2-6,9,14-15H,7-8H2,1H3,(H,16,17,18). The second kappa shape index (κ2) is 7.66. The van der Waals surface area contributed by atoms with Crippen LogP contribution in [0, 0.1) is 10.1 Å². The maximum absolute atomic E-state index is 11.7. The monoisotopic (exact) mass is 352 g/mol. The highest BCUT2D eigenvalue weighted by atomic mass is 32.2. The average molecular weight is 352 g/mol. The molecule has 11 heteroatoms. The van der Waals surface area contributed by atoms with Gasteiger partial charge in [0.1, 0.15) is 5.69 Å². The van der Waals surface area contributed by atoms with E-state index in [1.165, 1.54) is 19.2 Å². The van der Waals surface area contributed by atoms with Gasteiger partial charge in [0.25, 0.3) is 5.69 Å². The Bertz CT molecular complexity index is 812. The fourth-order valence-corrected chi connectivity index (χ4v) is 2.61. The molecule has 0 bridgehead atoms. The van der Waals surface area contributed by atoms with Crippen LogP contribution in [0.15, 0.2) is 41.6 Å². The minimum absolute atomic E-state index is 0.168. The van der Waals surface area contributed by atoms with Gasteiger partial charge >= 0.3 is 0 Å². The zero-order valence-electron chi connectivity index (χ0n) is 12.8. The van der Waals surface area contributed by atoms with Gasteiger partial charge in [-0.05, 0) is 25.2 Å². The summed E-state index contributed by atoms with van der Waals surface area (Å²) < 4.78 is 25.6. The number of sulfonamides is 1. The number of nitro groups is 1. The summed E-state index contributed by atoms with van der Waals surface area (Å²) in [4.78, 5) is 18.3. The molecular weight excluding hydrogens is 336 g/mol. The lowest BCUT2D eigenvalue weighted by Crippen LogP contribution is -2.19. The first-order chi connectivity index (χ1) is 11.4. The molecule has 0 atom stereocenters. The smallest absolute Gasteiger partial charge is 0.293 e. The van der Waals surface area contributed by atoms with Crippen LogP contribution in [0.2, 0.25) is 0 Å². The number of benzene rings is 1. The minimum Gasteiger partial charge on any atom is -0.378 e. The fraction of sp³-hybridized carbons (Fsp3) is 0.231. The topological polar surface area (TPSA) is 139 Å². The Morgan fingerprint density at radius 2 is 1.83 bits per heavy atom. The molecule has 10 nitrogen and oxygen atoms in total. The first-order valence-corrected chi connectivity index (χ1v) is 8.39. The van der Waals surface area contributed by atoms with E-state index in [2.05, 4.69) is 25.3 Å². The lowest BCUT2D eigenvalue weighted by Gasteiger charge is -2.09. The summed E-state index contributed by atoms with van der Waals surface area (Å²) in [6.45, 7) is 0.787. The highest BCUT2D eigenvalue weighted by Crippen LogP contribution is 2.27. The quantitative estimate of drug-likeness (QED) is 0.360. The molecule has 0 fully saturated rings. The first-order valence-electron chi connectivity index (χ1n) is 6.91. The fourth-order valence-electron chi connectivity index (χ4n) is 1.86. The van der Waals surface area contributed by atoms with Crippen molar-refractivity contribution in [1.82, 2.24) is 14.7 Å². The maximum atomic E-state index is 11.7. The zero-order chi connectivity index (χ0) is 17.6. The van der Waals surface area contributed by atoms with Crippen molar-refractivity contribution in [2.24, 2.45) is 0 Å². The third-order valence-electron chi connectivity index (χ3n) is 3.03. The lowest BCUT2D eigenvalue weighted by molar-refractivity contribution is -0.384. The molecule has 0 aliphatic heterocycles. The summed E-state index contributed by atoms with van der Waals surface area (Å²) in [5.74, 6) is 0.448. The van der Waals surface area contributed by atoms with Crippen LogP contribution >= 0.6 is 0 Å². The van der Waals surface area contributed by atoms with Crippen molar-refractivity contribution >= 4 is 27.3 Å². The molecule has 0 aliphatic rings. The van der Waals surface area contributed by atoms with E-state index in [4.69, 9.17) is 0 Å². The SMILES string of the molecule is CNS(=O)(=O)c1ccc(NCCNc2ncccn2)c([N+](=O)[O-])c1. The molecule has 0 radical (unpaired) electrons. The summed E-state index contributed by atoms with van der Waals surface area (Å²) in [6.07, 6.45) is 3.18. The maximum Gasteiger partial charge on any atom is 0.293 e. The summed E-state index contributed by atoms with van der Waals surface area (Å²) in [6, 6.07) is 5.37. The van der Waals surface area contributed by atoms with Crippen molar-refractivity contribution in [3.8, 4) is 0 Å². The number of rotatable bonds is 8. The van der Waals surface area contributed by atoms with Gasteiger partial charge in [-0.15, -0.1) is 0 Å². The third kappa shape index (κ3) is 4.36. The Morgan fingerprint density at radius 1 is 1.17 bits per heavy atom. The van der Waals surface area contributed by atoms with E-state index in [-0.39, 0.29) is 16.3 Å².